The van der Waals surface area contributed by atoms with Crippen molar-refractivity contribution in [2.75, 3.05) is 13.2 Å². The van der Waals surface area contributed by atoms with Gasteiger partial charge in [0.25, 0.3) is 5.91 Å². The van der Waals surface area contributed by atoms with Crippen LogP contribution in [0, 0.1) is 12.8 Å². The van der Waals surface area contributed by atoms with Gasteiger partial charge in [0.05, 0.1) is 10.3 Å². The number of Topliss-reactive ketones (excluding diaryl/α,β-unsaturated/α-hetero) is 1. The summed E-state index contributed by atoms with van der Waals surface area (Å²) < 4.78 is 5.55. The Morgan fingerprint density at radius 3 is 2.79 bits per heavy atom. The number of ether oxygens (including phenoxy) is 1. The maximum atomic E-state index is 13.8. The van der Waals surface area contributed by atoms with Crippen LogP contribution in [0.2, 0.25) is 0 Å². The van der Waals surface area contributed by atoms with Crippen LogP contribution < -0.4 is 5.32 Å². The number of nitrogens with zero attached hydrogens (tertiary/aromatic N) is 2. The van der Waals surface area contributed by atoms with Crippen LogP contribution >= 0.6 is 22.9 Å². The molecular formula is C25H28ClN3O4S. The molecule has 0 radical (unpaired) electrons. The number of ketones is 1. The topological polar surface area (TPSA) is 88.6 Å². The molecule has 1 saturated carbocycles. The highest BCUT2D eigenvalue weighted by atomic mass is 35.5. The van der Waals surface area contributed by atoms with Crippen molar-refractivity contribution in [1.29, 1.82) is 0 Å². The lowest BCUT2D eigenvalue weighted by atomic mass is 9.83. The maximum absolute atomic E-state index is 13.8. The number of alkyl halides is 1. The Morgan fingerprint density at radius 2 is 2.03 bits per heavy atom. The van der Waals surface area contributed by atoms with Crippen molar-refractivity contribution in [2.45, 2.75) is 62.6 Å². The minimum Gasteiger partial charge on any atom is -0.366 e. The number of hydrogen-bond acceptors (Lipinski definition) is 6. The van der Waals surface area contributed by atoms with Crippen LogP contribution in [0.1, 0.15) is 47.5 Å². The second-order valence-corrected chi connectivity index (χ2v) is 11.0. The van der Waals surface area contributed by atoms with E-state index in [1.807, 2.05) is 25.1 Å². The van der Waals surface area contributed by atoms with Gasteiger partial charge < -0.3 is 15.0 Å². The van der Waals surface area contributed by atoms with E-state index in [-0.39, 0.29) is 36.7 Å². The minimum absolute atomic E-state index is 0.0186. The number of likely N-dealkylation sites (tertiary alicyclic amines) is 1. The van der Waals surface area contributed by atoms with Crippen molar-refractivity contribution in [3.05, 3.63) is 41.0 Å². The SMILES string of the molecule is Cc1cc(-c2ccc(C(=O)NC(C(=O)N3C[C@H](Cl)[C@H]4OCC(=O)[C@H]43)C3CCCCC3)s2)ccn1. The highest BCUT2D eigenvalue weighted by Gasteiger charge is 2.53. The molecule has 2 aromatic rings. The number of hydrogen-bond donors (Lipinski definition) is 1. The summed E-state index contributed by atoms with van der Waals surface area (Å²) in [5.41, 5.74) is 1.92. The second kappa shape index (κ2) is 9.76. The van der Waals surface area contributed by atoms with Gasteiger partial charge >= 0.3 is 0 Å². The van der Waals surface area contributed by atoms with Crippen LogP contribution in [-0.2, 0) is 14.3 Å². The first-order valence-corrected chi connectivity index (χ1v) is 13.1. The van der Waals surface area contributed by atoms with E-state index in [2.05, 4.69) is 10.3 Å². The molecule has 9 heteroatoms. The Hall–Kier alpha value is -2.29. The van der Waals surface area contributed by atoms with Gasteiger partial charge in [-0.25, -0.2) is 0 Å². The summed E-state index contributed by atoms with van der Waals surface area (Å²) in [6, 6.07) is 6.28. The second-order valence-electron chi connectivity index (χ2n) is 9.39. The van der Waals surface area contributed by atoms with Crippen molar-refractivity contribution in [1.82, 2.24) is 15.2 Å². The lowest BCUT2D eigenvalue weighted by molar-refractivity contribution is -0.139. The summed E-state index contributed by atoms with van der Waals surface area (Å²) in [7, 11) is 0. The molecule has 1 unspecified atom stereocenters. The van der Waals surface area contributed by atoms with Crippen molar-refractivity contribution >= 4 is 40.5 Å². The Balaban J connectivity index is 1.37. The normalized spacial score (nSPS) is 25.9. The predicted octanol–water partition coefficient (Wildman–Crippen LogP) is 3.58. The molecule has 34 heavy (non-hydrogen) atoms. The number of pyridine rings is 1. The van der Waals surface area contributed by atoms with Crippen molar-refractivity contribution in [3.63, 3.8) is 0 Å². The first-order chi connectivity index (χ1) is 16.4. The van der Waals surface area contributed by atoms with Gasteiger partial charge in [-0.1, -0.05) is 19.3 Å². The smallest absolute Gasteiger partial charge is 0.262 e. The van der Waals surface area contributed by atoms with Crippen LogP contribution in [0.3, 0.4) is 0 Å². The quantitative estimate of drug-likeness (QED) is 0.632. The third-order valence-corrected chi connectivity index (χ3v) is 8.61. The number of nitrogens with one attached hydrogen (secondary N) is 1. The summed E-state index contributed by atoms with van der Waals surface area (Å²) in [6.07, 6.45) is 6.23. The highest BCUT2D eigenvalue weighted by Crippen LogP contribution is 2.34. The standard InChI is InChI=1S/C25H28ClN3O4S/c1-14-11-16(9-10-27-14)19-7-8-20(34-19)24(31)28-21(15-5-3-2-4-6-15)25(32)29-12-17(26)23-22(29)18(30)13-33-23/h7-11,15,17,21-23H,2-6,12-13H2,1H3,(H,28,31)/t17-,21?,22+,23+/m0/s1. The average Bonchev–Trinajstić information content (AvgIpc) is 3.56. The lowest BCUT2D eigenvalue weighted by Crippen LogP contribution is -2.55. The number of carbonyl (C=O) groups excluding carboxylic acids is 3. The van der Waals surface area contributed by atoms with Crippen LogP contribution in [0.25, 0.3) is 10.4 Å². The molecule has 7 nitrogen and oxygen atoms in total. The molecule has 4 heterocycles. The zero-order chi connectivity index (χ0) is 23.8. The average molecular weight is 502 g/mol. The number of halogens is 1. The fourth-order valence-corrected chi connectivity index (χ4v) is 6.64. The Kier molecular flexibility index (Phi) is 6.73. The molecular weight excluding hydrogens is 474 g/mol. The van der Waals surface area contributed by atoms with E-state index in [0.717, 1.165) is 48.2 Å². The molecule has 2 saturated heterocycles. The number of fused-ring (bicyclic) bond motifs is 1. The van der Waals surface area contributed by atoms with Crippen LogP contribution in [0.4, 0.5) is 0 Å². The summed E-state index contributed by atoms with van der Waals surface area (Å²) in [4.78, 5) is 46.8. The van der Waals surface area contributed by atoms with Gasteiger partial charge in [-0.2, -0.15) is 0 Å². The first kappa shape index (κ1) is 23.5. The lowest BCUT2D eigenvalue weighted by Gasteiger charge is -2.34. The number of aromatic nitrogens is 1. The number of amides is 2. The van der Waals surface area contributed by atoms with Crippen LogP contribution in [0.15, 0.2) is 30.5 Å². The summed E-state index contributed by atoms with van der Waals surface area (Å²) in [6.45, 7) is 2.17. The third-order valence-electron chi connectivity index (χ3n) is 7.09. The van der Waals surface area contributed by atoms with E-state index >= 15 is 0 Å². The molecule has 0 bridgehead atoms. The molecule has 2 amide bonds. The summed E-state index contributed by atoms with van der Waals surface area (Å²) in [5.74, 6) is -0.569. The first-order valence-electron chi connectivity index (χ1n) is 11.8. The van der Waals surface area contributed by atoms with E-state index < -0.39 is 23.6 Å². The van der Waals surface area contributed by atoms with E-state index in [1.165, 1.54) is 11.3 Å². The molecule has 0 spiro atoms. The van der Waals surface area contributed by atoms with E-state index in [9.17, 15) is 14.4 Å². The number of aryl methyl sites for hydroxylation is 1. The fourth-order valence-electron chi connectivity index (χ4n) is 5.38. The monoisotopic (exact) mass is 501 g/mol. The molecule has 1 aliphatic carbocycles. The van der Waals surface area contributed by atoms with Crippen molar-refractivity contribution < 1.29 is 19.1 Å². The highest BCUT2D eigenvalue weighted by molar-refractivity contribution is 7.17. The molecule has 2 aliphatic heterocycles. The number of rotatable bonds is 5. The predicted molar refractivity (Wildman–Crippen MR) is 130 cm³/mol. The molecule has 180 valence electrons. The Labute approximate surface area is 207 Å². The maximum Gasteiger partial charge on any atom is 0.262 e. The van der Waals surface area contributed by atoms with Gasteiger partial charge in [-0.15, -0.1) is 22.9 Å². The summed E-state index contributed by atoms with van der Waals surface area (Å²) >= 11 is 7.81. The van der Waals surface area contributed by atoms with E-state index in [1.54, 1.807) is 17.2 Å². The van der Waals surface area contributed by atoms with Crippen molar-refractivity contribution in [3.8, 4) is 10.4 Å². The molecule has 3 fully saturated rings. The van der Waals surface area contributed by atoms with Gasteiger partial charge in [0.1, 0.15) is 24.8 Å². The van der Waals surface area contributed by atoms with E-state index in [0.29, 0.717) is 4.88 Å². The van der Waals surface area contributed by atoms with E-state index in [4.69, 9.17) is 16.3 Å². The zero-order valence-corrected chi connectivity index (χ0v) is 20.6. The summed E-state index contributed by atoms with van der Waals surface area (Å²) in [5, 5.41) is 2.61. The van der Waals surface area contributed by atoms with Crippen LogP contribution in [0.5, 0.6) is 0 Å². The van der Waals surface area contributed by atoms with Gasteiger partial charge in [0.2, 0.25) is 5.91 Å². The molecule has 5 rings (SSSR count). The van der Waals surface area contributed by atoms with Crippen molar-refractivity contribution in [2.24, 2.45) is 5.92 Å². The fraction of sp³-hybridized carbons (Fsp3) is 0.520. The largest absolute Gasteiger partial charge is 0.366 e. The number of carbonyl (C=O) groups is 3. The molecule has 1 N–H and O–H groups in total. The third kappa shape index (κ3) is 4.51. The van der Waals surface area contributed by atoms with Gasteiger partial charge in [0.15, 0.2) is 5.78 Å². The zero-order valence-electron chi connectivity index (χ0n) is 19.0. The van der Waals surface area contributed by atoms with Gasteiger partial charge in [0, 0.05) is 23.3 Å². The number of thiophene rings is 1. The van der Waals surface area contributed by atoms with Crippen LogP contribution in [-0.4, -0.2) is 64.2 Å². The minimum atomic E-state index is -0.683. The molecule has 2 aromatic heterocycles. The molecule has 3 aliphatic rings. The Bertz CT molecular complexity index is 1100. The molecule has 0 aromatic carbocycles. The van der Waals surface area contributed by atoms with Gasteiger partial charge in [-0.3, -0.25) is 19.4 Å². The van der Waals surface area contributed by atoms with Gasteiger partial charge in [-0.05, 0) is 55.5 Å². The Morgan fingerprint density at radius 1 is 1.24 bits per heavy atom. The molecule has 4 atom stereocenters.